The number of fused-ring (bicyclic) bond motifs is 8. The monoisotopic (exact) mass is 726 g/mol. The van der Waals surface area contributed by atoms with Crippen LogP contribution < -0.4 is 5.32 Å². The van der Waals surface area contributed by atoms with Gasteiger partial charge in [0, 0.05) is 35.4 Å². The first-order valence-corrected chi connectivity index (χ1v) is 19.7. The molecular weight excluding hydrogens is 673 g/mol. The smallest absolute Gasteiger partial charge is 0.322 e. The van der Waals surface area contributed by atoms with Gasteiger partial charge < -0.3 is 25.2 Å². The van der Waals surface area contributed by atoms with E-state index in [0.717, 1.165) is 47.9 Å². The SMILES string of the molecule is CC1=CCC[C@@]2(C)[C@@H](CC[C@@]2(O)CN(C[C@H]2CCCO2)C(=O)Nc2ccccc2)c2ccc(cc2C(=O)c2ccc(-c3ccccc3)cc2)C[C@@H](O)CC1. The first-order chi connectivity index (χ1) is 26.1. The summed E-state index contributed by atoms with van der Waals surface area (Å²) < 4.78 is 6.01. The van der Waals surface area contributed by atoms with Crippen molar-refractivity contribution in [2.45, 2.75) is 95.4 Å². The van der Waals surface area contributed by atoms with Crippen molar-refractivity contribution in [1.82, 2.24) is 4.90 Å². The molecule has 1 aliphatic heterocycles. The molecule has 0 aromatic heterocycles. The van der Waals surface area contributed by atoms with Gasteiger partial charge in [0.25, 0.3) is 0 Å². The Morgan fingerprint density at radius 1 is 0.889 bits per heavy atom. The zero-order valence-electron chi connectivity index (χ0n) is 31.7. The number of nitrogens with one attached hydrogen (secondary N) is 1. The molecule has 3 N–H and O–H groups in total. The number of nitrogens with zero attached hydrogens (tertiary/aromatic N) is 1. The fourth-order valence-corrected chi connectivity index (χ4v) is 9.09. The molecule has 4 aromatic carbocycles. The highest BCUT2D eigenvalue weighted by molar-refractivity contribution is 6.10. The number of amides is 2. The predicted octanol–water partition coefficient (Wildman–Crippen LogP) is 9.34. The van der Waals surface area contributed by atoms with Crippen LogP contribution in [0.25, 0.3) is 11.1 Å². The van der Waals surface area contributed by atoms with E-state index in [2.05, 4.69) is 49.5 Å². The van der Waals surface area contributed by atoms with Crippen LogP contribution in [0.4, 0.5) is 10.5 Å². The molecule has 0 unspecified atom stereocenters. The number of hydrogen-bond donors (Lipinski definition) is 3. The van der Waals surface area contributed by atoms with Crippen LogP contribution >= 0.6 is 0 Å². The molecule has 5 atom stereocenters. The molecule has 7 nitrogen and oxygen atoms in total. The van der Waals surface area contributed by atoms with Crippen LogP contribution in [-0.4, -0.2) is 64.4 Å². The molecule has 2 bridgehead atoms. The number of aliphatic hydroxyl groups is 2. The second-order valence-electron chi connectivity index (χ2n) is 16.0. The molecule has 8 rings (SSSR count). The molecular formula is C47H54N2O5. The van der Waals surface area contributed by atoms with Crippen LogP contribution in [0.15, 0.2) is 115 Å². The number of aliphatic hydroxyl groups excluding tert-OH is 1. The van der Waals surface area contributed by atoms with E-state index in [4.69, 9.17) is 4.74 Å². The van der Waals surface area contributed by atoms with Gasteiger partial charge in [-0.15, -0.1) is 0 Å². The number of para-hydroxylation sites is 1. The van der Waals surface area contributed by atoms with E-state index >= 15 is 0 Å². The lowest BCUT2D eigenvalue weighted by Crippen LogP contribution is -2.55. The minimum Gasteiger partial charge on any atom is -0.393 e. The Kier molecular flexibility index (Phi) is 11.5. The van der Waals surface area contributed by atoms with Gasteiger partial charge in [0.1, 0.15) is 0 Å². The molecule has 3 aliphatic carbocycles. The average Bonchev–Trinajstić information content (AvgIpc) is 3.79. The zero-order chi connectivity index (χ0) is 37.7. The lowest BCUT2D eigenvalue weighted by molar-refractivity contribution is -0.0799. The molecule has 0 spiro atoms. The maximum Gasteiger partial charge on any atom is 0.322 e. The van der Waals surface area contributed by atoms with Crippen molar-refractivity contribution in [3.8, 4) is 11.1 Å². The van der Waals surface area contributed by atoms with Crippen LogP contribution in [0.1, 0.15) is 98.2 Å². The van der Waals surface area contributed by atoms with E-state index < -0.39 is 17.1 Å². The van der Waals surface area contributed by atoms with E-state index in [0.29, 0.717) is 62.1 Å². The lowest BCUT2D eigenvalue weighted by Gasteiger charge is -2.46. The summed E-state index contributed by atoms with van der Waals surface area (Å²) in [4.78, 5) is 30.4. The van der Waals surface area contributed by atoms with Gasteiger partial charge >= 0.3 is 6.03 Å². The van der Waals surface area contributed by atoms with Crippen molar-refractivity contribution in [3.63, 3.8) is 0 Å². The minimum atomic E-state index is -1.24. The van der Waals surface area contributed by atoms with Crippen molar-refractivity contribution >= 4 is 17.5 Å². The topological polar surface area (TPSA) is 99.1 Å². The largest absolute Gasteiger partial charge is 0.393 e. The van der Waals surface area contributed by atoms with Crippen LogP contribution in [0.2, 0.25) is 0 Å². The summed E-state index contributed by atoms with van der Waals surface area (Å²) in [7, 11) is 0. The van der Waals surface area contributed by atoms with E-state index in [9.17, 15) is 19.8 Å². The van der Waals surface area contributed by atoms with Crippen LogP contribution in [0, 0.1) is 5.41 Å². The number of urea groups is 1. The van der Waals surface area contributed by atoms with Crippen molar-refractivity contribution in [3.05, 3.63) is 137 Å². The Balaban J connectivity index is 1.26. The molecule has 54 heavy (non-hydrogen) atoms. The third-order valence-corrected chi connectivity index (χ3v) is 12.4. The van der Waals surface area contributed by atoms with Crippen molar-refractivity contribution in [2.24, 2.45) is 5.41 Å². The maximum absolute atomic E-state index is 14.6. The number of hydrogen-bond acceptors (Lipinski definition) is 5. The van der Waals surface area contributed by atoms with Gasteiger partial charge in [0.05, 0.1) is 24.4 Å². The highest BCUT2D eigenvalue weighted by atomic mass is 16.5. The molecule has 4 aliphatic rings. The van der Waals surface area contributed by atoms with Gasteiger partial charge in [0.2, 0.25) is 0 Å². The van der Waals surface area contributed by atoms with Crippen molar-refractivity contribution in [1.29, 1.82) is 0 Å². The summed E-state index contributed by atoms with van der Waals surface area (Å²) in [6, 6.07) is 33.2. The summed E-state index contributed by atoms with van der Waals surface area (Å²) in [6.45, 7) is 5.49. The van der Waals surface area contributed by atoms with Gasteiger partial charge in [-0.05, 0) is 111 Å². The summed E-state index contributed by atoms with van der Waals surface area (Å²) in [5.41, 5.74) is 5.19. The standard InChI is InChI=1S/C47H54N2O5/c1-33-11-9-26-46(2)43(25-27-47(46,53)32-49(31-40-16-10-28-54-40)45(52)48-38-14-7-4-8-15-38)41-24-18-34(29-39(50)23-17-33)30-42(41)44(51)37-21-19-36(20-22-37)35-12-5-3-6-13-35/h3-8,11-15,18-22,24,30,39-40,43,50,53H,9-10,16-17,23,25-29,31-32H2,1-2H3,(H,48,52)/t39-,40+,43-,46-,47+/m0/s1. The molecule has 7 heteroatoms. The number of allylic oxidation sites excluding steroid dienone is 2. The highest BCUT2D eigenvalue weighted by Gasteiger charge is 2.57. The molecule has 1 heterocycles. The molecule has 1 saturated heterocycles. The number of anilines is 1. The van der Waals surface area contributed by atoms with E-state index in [-0.39, 0.29) is 30.4 Å². The van der Waals surface area contributed by atoms with Gasteiger partial charge in [0.15, 0.2) is 5.78 Å². The average molecular weight is 727 g/mol. The molecule has 2 amide bonds. The molecule has 282 valence electrons. The van der Waals surface area contributed by atoms with Gasteiger partial charge in [-0.3, -0.25) is 4.79 Å². The fraction of sp³-hybridized carbons (Fsp3) is 0.404. The second kappa shape index (κ2) is 16.4. The van der Waals surface area contributed by atoms with Crippen LogP contribution in [0.5, 0.6) is 0 Å². The quantitative estimate of drug-likeness (QED) is 0.124. The number of carbonyl (C=O) groups is 2. The first-order valence-electron chi connectivity index (χ1n) is 19.7. The summed E-state index contributed by atoms with van der Waals surface area (Å²) in [5.74, 6) is -0.216. The highest BCUT2D eigenvalue weighted by Crippen LogP contribution is 2.59. The molecule has 1 saturated carbocycles. The van der Waals surface area contributed by atoms with E-state index in [1.54, 1.807) is 4.90 Å². The Hall–Kier alpha value is -4.56. The van der Waals surface area contributed by atoms with Gasteiger partial charge in [-0.2, -0.15) is 0 Å². The van der Waals surface area contributed by atoms with Crippen LogP contribution in [0.3, 0.4) is 0 Å². The van der Waals surface area contributed by atoms with E-state index in [1.165, 1.54) is 5.57 Å². The molecule has 0 radical (unpaired) electrons. The Bertz CT molecular complexity index is 1940. The molecule has 2 fully saturated rings. The number of benzene rings is 4. The van der Waals surface area contributed by atoms with E-state index in [1.807, 2.05) is 78.9 Å². The van der Waals surface area contributed by atoms with Crippen molar-refractivity contribution in [2.75, 3.05) is 25.0 Å². The van der Waals surface area contributed by atoms with Gasteiger partial charge in [-0.25, -0.2) is 4.79 Å². The first kappa shape index (κ1) is 37.7. The summed E-state index contributed by atoms with van der Waals surface area (Å²) >= 11 is 0. The minimum absolute atomic E-state index is 0.0659. The Morgan fingerprint density at radius 3 is 2.33 bits per heavy atom. The van der Waals surface area contributed by atoms with Gasteiger partial charge in [-0.1, -0.05) is 104 Å². The number of ketones is 1. The number of ether oxygens (including phenoxy) is 1. The third kappa shape index (κ3) is 8.24. The zero-order valence-corrected chi connectivity index (χ0v) is 31.7. The Labute approximate surface area is 320 Å². The number of rotatable bonds is 8. The van der Waals surface area contributed by atoms with Crippen LogP contribution in [-0.2, 0) is 11.2 Å². The summed E-state index contributed by atoms with van der Waals surface area (Å²) in [5, 5.41) is 27.2. The third-order valence-electron chi connectivity index (χ3n) is 12.4. The maximum atomic E-state index is 14.6. The lowest BCUT2D eigenvalue weighted by atomic mass is 9.64. The Morgan fingerprint density at radius 2 is 1.61 bits per heavy atom. The normalized spacial score (nSPS) is 25.7. The second-order valence-corrected chi connectivity index (χ2v) is 16.0. The fourth-order valence-electron chi connectivity index (χ4n) is 9.09. The predicted molar refractivity (Wildman–Crippen MR) is 215 cm³/mol. The summed E-state index contributed by atoms with van der Waals surface area (Å²) in [6.07, 6.45) is 7.88. The molecule has 4 aromatic rings. The number of carbonyl (C=O) groups excluding carboxylic acids is 2. The van der Waals surface area contributed by atoms with Crippen molar-refractivity contribution < 1.29 is 24.5 Å².